The summed E-state index contributed by atoms with van der Waals surface area (Å²) in [4.78, 5) is 25.2. The Balaban J connectivity index is 1.86. The minimum atomic E-state index is -3.62. The topological polar surface area (TPSA) is 113 Å². The molecule has 0 aliphatic rings. The largest absolute Gasteiger partial charge is 0.464 e. The van der Waals surface area contributed by atoms with Crippen molar-refractivity contribution >= 4 is 33.4 Å². The van der Waals surface area contributed by atoms with E-state index in [4.69, 9.17) is 4.74 Å². The first-order valence-electron chi connectivity index (χ1n) is 10.2. The zero-order valence-electron chi connectivity index (χ0n) is 18.0. The van der Waals surface area contributed by atoms with Crippen LogP contribution in [-0.2, 0) is 27.7 Å². The SMILES string of the molecule is CCS(=O)(=O)c1ccc(N(C(=O)O)c2ccccc2)cc1CNC(=O)OCc1ccccc1. The lowest BCUT2D eigenvalue weighted by molar-refractivity contribution is 0.139. The van der Waals surface area contributed by atoms with Crippen molar-refractivity contribution in [2.45, 2.75) is 25.0 Å². The van der Waals surface area contributed by atoms with Crippen LogP contribution in [0.4, 0.5) is 21.0 Å². The van der Waals surface area contributed by atoms with E-state index in [2.05, 4.69) is 5.32 Å². The number of alkyl carbamates (subject to hydrolysis) is 1. The number of carbonyl (C=O) groups is 2. The molecule has 2 amide bonds. The van der Waals surface area contributed by atoms with Gasteiger partial charge in [0.1, 0.15) is 6.61 Å². The summed E-state index contributed by atoms with van der Waals surface area (Å²) in [5.41, 5.74) is 1.72. The smallest absolute Gasteiger partial charge is 0.416 e. The molecule has 0 aromatic heterocycles. The molecule has 0 bridgehead atoms. The second kappa shape index (κ2) is 10.6. The van der Waals surface area contributed by atoms with Gasteiger partial charge in [0.25, 0.3) is 0 Å². The van der Waals surface area contributed by atoms with Crippen molar-refractivity contribution in [3.8, 4) is 0 Å². The predicted molar refractivity (Wildman–Crippen MR) is 124 cm³/mol. The van der Waals surface area contributed by atoms with E-state index in [1.54, 1.807) is 30.3 Å². The average molecular weight is 469 g/mol. The molecule has 0 fully saturated rings. The van der Waals surface area contributed by atoms with E-state index in [0.717, 1.165) is 10.5 Å². The van der Waals surface area contributed by atoms with E-state index in [1.165, 1.54) is 25.1 Å². The van der Waals surface area contributed by atoms with Gasteiger partial charge in [-0.15, -0.1) is 0 Å². The molecule has 0 atom stereocenters. The van der Waals surface area contributed by atoms with Crippen molar-refractivity contribution in [2.24, 2.45) is 0 Å². The second-order valence-corrected chi connectivity index (χ2v) is 9.31. The van der Waals surface area contributed by atoms with Gasteiger partial charge in [-0.1, -0.05) is 55.5 Å². The molecule has 0 radical (unpaired) electrons. The molecule has 172 valence electrons. The predicted octanol–water partition coefficient (Wildman–Crippen LogP) is 4.72. The number of carboxylic acid groups (broad SMARTS) is 1. The van der Waals surface area contributed by atoms with E-state index >= 15 is 0 Å². The Labute approximate surface area is 192 Å². The van der Waals surface area contributed by atoms with E-state index in [9.17, 15) is 23.1 Å². The summed E-state index contributed by atoms with van der Waals surface area (Å²) >= 11 is 0. The summed E-state index contributed by atoms with van der Waals surface area (Å²) in [7, 11) is -3.62. The molecule has 3 aromatic rings. The molecule has 8 nitrogen and oxygen atoms in total. The van der Waals surface area contributed by atoms with Crippen molar-refractivity contribution in [3.05, 3.63) is 90.0 Å². The van der Waals surface area contributed by atoms with E-state index in [0.29, 0.717) is 5.69 Å². The summed E-state index contributed by atoms with van der Waals surface area (Å²) in [6, 6.07) is 21.8. The van der Waals surface area contributed by atoms with Gasteiger partial charge in [-0.2, -0.15) is 0 Å². The second-order valence-electron chi connectivity index (χ2n) is 7.06. The Hall–Kier alpha value is -3.85. The number of nitrogens with one attached hydrogen (secondary N) is 1. The number of benzene rings is 3. The van der Waals surface area contributed by atoms with Crippen molar-refractivity contribution in [3.63, 3.8) is 0 Å². The Morgan fingerprint density at radius 3 is 2.18 bits per heavy atom. The number of hydrogen-bond donors (Lipinski definition) is 2. The molecule has 0 saturated carbocycles. The van der Waals surface area contributed by atoms with E-state index in [-0.39, 0.29) is 35.1 Å². The van der Waals surface area contributed by atoms with Crippen molar-refractivity contribution < 1.29 is 27.9 Å². The van der Waals surface area contributed by atoms with Gasteiger partial charge in [-0.05, 0) is 41.5 Å². The number of hydrogen-bond acceptors (Lipinski definition) is 5. The summed E-state index contributed by atoms with van der Waals surface area (Å²) in [6.45, 7) is 1.42. The highest BCUT2D eigenvalue weighted by Gasteiger charge is 2.22. The number of nitrogens with zero attached hydrogens (tertiary/aromatic N) is 1. The number of rotatable bonds is 8. The van der Waals surface area contributed by atoms with Crippen LogP contribution in [0.25, 0.3) is 0 Å². The number of sulfone groups is 1. The molecule has 0 aliphatic heterocycles. The molecule has 3 rings (SSSR count). The Morgan fingerprint density at radius 2 is 1.58 bits per heavy atom. The van der Waals surface area contributed by atoms with E-state index < -0.39 is 22.0 Å². The van der Waals surface area contributed by atoms with Gasteiger partial charge in [-0.25, -0.2) is 22.9 Å². The van der Waals surface area contributed by atoms with E-state index in [1.807, 2.05) is 30.3 Å². The molecule has 2 N–H and O–H groups in total. The number of ether oxygens (including phenoxy) is 1. The highest BCUT2D eigenvalue weighted by atomic mass is 32.2. The van der Waals surface area contributed by atoms with Gasteiger partial charge in [0.05, 0.1) is 22.0 Å². The van der Waals surface area contributed by atoms with Gasteiger partial charge < -0.3 is 15.2 Å². The molecular weight excluding hydrogens is 444 g/mol. The fourth-order valence-corrected chi connectivity index (χ4v) is 4.31. The van der Waals surface area contributed by atoms with Crippen LogP contribution in [0, 0.1) is 0 Å². The molecule has 0 unspecified atom stereocenters. The van der Waals surface area contributed by atoms with Crippen molar-refractivity contribution in [1.82, 2.24) is 5.32 Å². The maximum absolute atomic E-state index is 12.6. The molecule has 33 heavy (non-hydrogen) atoms. The lowest BCUT2D eigenvalue weighted by atomic mass is 10.1. The molecule has 9 heteroatoms. The number of carbonyl (C=O) groups excluding carboxylic acids is 1. The zero-order valence-corrected chi connectivity index (χ0v) is 18.8. The summed E-state index contributed by atoms with van der Waals surface area (Å²) in [5, 5.41) is 12.3. The fraction of sp³-hybridized carbons (Fsp3) is 0.167. The first-order chi connectivity index (χ1) is 15.8. The molecule has 0 saturated heterocycles. The highest BCUT2D eigenvalue weighted by molar-refractivity contribution is 7.91. The van der Waals surface area contributed by atoms with Crippen molar-refractivity contribution in [1.29, 1.82) is 0 Å². The molecule has 0 heterocycles. The highest BCUT2D eigenvalue weighted by Crippen LogP contribution is 2.29. The van der Waals surface area contributed by atoms with Gasteiger partial charge in [0.2, 0.25) is 0 Å². The summed E-state index contributed by atoms with van der Waals surface area (Å²) in [5.74, 6) is -0.140. The third kappa shape index (κ3) is 6.11. The van der Waals surface area contributed by atoms with Gasteiger partial charge in [0.15, 0.2) is 9.84 Å². The van der Waals surface area contributed by atoms with Crippen LogP contribution in [0.2, 0.25) is 0 Å². The van der Waals surface area contributed by atoms with Crippen LogP contribution in [-0.4, -0.2) is 31.5 Å². The standard InChI is InChI=1S/C24H24N2O6S/c1-2-33(30,31)22-14-13-21(26(24(28)29)20-11-7-4-8-12-20)15-19(22)16-25-23(27)32-17-18-9-5-3-6-10-18/h3-15H,2,16-17H2,1H3,(H,25,27)(H,28,29). The summed E-state index contributed by atoms with van der Waals surface area (Å²) in [6.07, 6.45) is -1.95. The molecule has 0 aliphatic carbocycles. The minimum absolute atomic E-state index is 0.0236. The first kappa shape index (κ1) is 23.8. The number of anilines is 2. The van der Waals surface area contributed by atoms with Crippen LogP contribution in [0.15, 0.2) is 83.8 Å². The minimum Gasteiger partial charge on any atom is -0.464 e. The first-order valence-corrected chi connectivity index (χ1v) is 11.9. The van der Waals surface area contributed by atoms with Crippen LogP contribution in [0.3, 0.4) is 0 Å². The van der Waals surface area contributed by atoms with Gasteiger partial charge in [0, 0.05) is 6.54 Å². The number of amides is 2. The van der Waals surface area contributed by atoms with Gasteiger partial charge in [-0.3, -0.25) is 0 Å². The Morgan fingerprint density at radius 1 is 0.939 bits per heavy atom. The monoisotopic (exact) mass is 468 g/mol. The maximum Gasteiger partial charge on any atom is 0.416 e. The van der Waals surface area contributed by atoms with Crippen LogP contribution in [0.1, 0.15) is 18.1 Å². The van der Waals surface area contributed by atoms with Crippen LogP contribution < -0.4 is 10.2 Å². The van der Waals surface area contributed by atoms with Crippen LogP contribution in [0.5, 0.6) is 0 Å². The zero-order chi connectivity index (χ0) is 23.8. The Bertz CT molecular complexity index is 1210. The lowest BCUT2D eigenvalue weighted by Crippen LogP contribution is -2.26. The third-order valence-electron chi connectivity index (χ3n) is 4.86. The van der Waals surface area contributed by atoms with Gasteiger partial charge >= 0.3 is 12.2 Å². The lowest BCUT2D eigenvalue weighted by Gasteiger charge is -2.21. The molecular formula is C24H24N2O6S. The normalized spacial score (nSPS) is 10.9. The third-order valence-corrected chi connectivity index (χ3v) is 6.69. The molecule has 0 spiro atoms. The average Bonchev–Trinajstić information content (AvgIpc) is 2.82. The van der Waals surface area contributed by atoms with Crippen molar-refractivity contribution in [2.75, 3.05) is 10.7 Å². The summed E-state index contributed by atoms with van der Waals surface area (Å²) < 4.78 is 30.4. The van der Waals surface area contributed by atoms with Crippen LogP contribution >= 0.6 is 0 Å². The maximum atomic E-state index is 12.6. The quantitative estimate of drug-likeness (QED) is 0.494. The fourth-order valence-electron chi connectivity index (χ4n) is 3.19. The Kier molecular flexibility index (Phi) is 7.68. The molecule has 3 aromatic carbocycles. The number of para-hydroxylation sites is 1.